The Bertz CT molecular complexity index is 736. The zero-order chi connectivity index (χ0) is 16.1. The lowest BCUT2D eigenvalue weighted by Crippen LogP contribution is -2.59. The van der Waals surface area contributed by atoms with Gasteiger partial charge >= 0.3 is 0 Å². The molecule has 2 aliphatic rings. The van der Waals surface area contributed by atoms with Gasteiger partial charge in [0.1, 0.15) is 12.0 Å². The first kappa shape index (κ1) is 14.2. The van der Waals surface area contributed by atoms with Crippen LogP contribution in [0.5, 0.6) is 0 Å². The summed E-state index contributed by atoms with van der Waals surface area (Å²) in [5, 5.41) is 2.86. The molecule has 2 aliphatic carbocycles. The van der Waals surface area contributed by atoms with Crippen molar-refractivity contribution in [3.63, 3.8) is 0 Å². The highest BCUT2D eigenvalue weighted by molar-refractivity contribution is 5.92. The first-order valence-electron chi connectivity index (χ1n) is 7.45. The quantitative estimate of drug-likeness (QED) is 0.941. The minimum absolute atomic E-state index is 0. The maximum Gasteiger partial charge on any atom is 0.270 e. The number of hydrogen-bond donors (Lipinski definition) is 1. The van der Waals surface area contributed by atoms with E-state index in [1.165, 1.54) is 12.3 Å². The smallest absolute Gasteiger partial charge is 0.270 e. The van der Waals surface area contributed by atoms with E-state index in [0.29, 0.717) is 18.8 Å². The number of alkyl halides is 2. The van der Waals surface area contributed by atoms with E-state index < -0.39 is 5.92 Å². The van der Waals surface area contributed by atoms with E-state index in [1.54, 1.807) is 23.3 Å². The number of amides is 1. The molecule has 0 aromatic carbocycles. The largest absolute Gasteiger partial charge is 0.348 e. The second-order valence-electron chi connectivity index (χ2n) is 6.50. The van der Waals surface area contributed by atoms with Crippen molar-refractivity contribution < 1.29 is 15.0 Å². The maximum absolute atomic E-state index is 13.0. The third kappa shape index (κ3) is 2.58. The third-order valence-corrected chi connectivity index (χ3v) is 4.57. The molecular formula is C15H17F2N5O. The number of halogens is 2. The molecule has 0 saturated heterocycles. The van der Waals surface area contributed by atoms with Crippen molar-refractivity contribution in [1.82, 2.24) is 24.8 Å². The minimum Gasteiger partial charge on any atom is -0.348 e. The highest BCUT2D eigenvalue weighted by atomic mass is 19.3. The number of nitrogens with one attached hydrogen (secondary N) is 1. The Kier molecular flexibility index (Phi) is 2.97. The molecule has 1 amide bonds. The Morgan fingerprint density at radius 2 is 2.13 bits per heavy atom. The lowest BCUT2D eigenvalue weighted by Gasteiger charge is -2.57. The van der Waals surface area contributed by atoms with Crippen LogP contribution >= 0.6 is 0 Å². The summed E-state index contributed by atoms with van der Waals surface area (Å²) in [5.74, 6) is -2.46. The molecule has 2 saturated carbocycles. The van der Waals surface area contributed by atoms with Gasteiger partial charge in [-0.2, -0.15) is 0 Å². The van der Waals surface area contributed by atoms with E-state index >= 15 is 0 Å². The standard InChI is InChI=1S/C15H15F2N5O.H2/c16-15(17)7-14(8-15)5-10(6-14)20-12(23)11-1-2-19-13(21-11)22-4-3-18-9-22;/h1-4,9-10H,5-8H2,(H,20,23);1H. The van der Waals surface area contributed by atoms with Crippen LogP contribution in [-0.4, -0.2) is 37.4 Å². The first-order valence-corrected chi connectivity index (χ1v) is 7.45. The van der Waals surface area contributed by atoms with Crippen LogP contribution in [0.15, 0.2) is 31.0 Å². The molecule has 122 valence electrons. The third-order valence-electron chi connectivity index (χ3n) is 4.57. The van der Waals surface area contributed by atoms with Crippen LogP contribution in [0.3, 0.4) is 0 Å². The fourth-order valence-electron chi connectivity index (χ4n) is 3.66. The van der Waals surface area contributed by atoms with E-state index in [0.717, 1.165) is 0 Å². The molecule has 8 heteroatoms. The van der Waals surface area contributed by atoms with Crippen molar-refractivity contribution in [2.24, 2.45) is 5.41 Å². The summed E-state index contributed by atoms with van der Waals surface area (Å²) in [6, 6.07) is 1.48. The Hall–Kier alpha value is -2.38. The molecule has 6 nitrogen and oxygen atoms in total. The number of nitrogens with zero attached hydrogens (tertiary/aromatic N) is 4. The van der Waals surface area contributed by atoms with Crippen molar-refractivity contribution in [2.45, 2.75) is 37.6 Å². The second-order valence-corrected chi connectivity index (χ2v) is 6.50. The molecule has 0 atom stereocenters. The first-order chi connectivity index (χ1) is 10.9. The van der Waals surface area contributed by atoms with E-state index in [4.69, 9.17) is 0 Å². The van der Waals surface area contributed by atoms with Crippen molar-refractivity contribution in [3.05, 3.63) is 36.7 Å². The number of carbonyl (C=O) groups is 1. The number of carbonyl (C=O) groups excluding carboxylic acids is 1. The molecule has 2 aromatic heterocycles. The van der Waals surface area contributed by atoms with E-state index in [1.807, 2.05) is 0 Å². The molecule has 4 rings (SSSR count). The zero-order valence-corrected chi connectivity index (χ0v) is 12.2. The van der Waals surface area contributed by atoms with Gasteiger partial charge in [-0.15, -0.1) is 0 Å². The average molecular weight is 321 g/mol. The predicted octanol–water partition coefficient (Wildman–Crippen LogP) is 2.22. The van der Waals surface area contributed by atoms with Crippen LogP contribution in [-0.2, 0) is 0 Å². The van der Waals surface area contributed by atoms with Gasteiger partial charge in [-0.1, -0.05) is 0 Å². The molecule has 1 spiro atoms. The molecule has 0 unspecified atom stereocenters. The van der Waals surface area contributed by atoms with Gasteiger partial charge in [-0.25, -0.2) is 23.7 Å². The zero-order valence-electron chi connectivity index (χ0n) is 12.2. The average Bonchev–Trinajstić information content (AvgIpc) is 2.97. The van der Waals surface area contributed by atoms with Crippen LogP contribution in [0.2, 0.25) is 0 Å². The van der Waals surface area contributed by atoms with E-state index in [-0.39, 0.29) is 37.3 Å². The topological polar surface area (TPSA) is 72.7 Å². The minimum atomic E-state index is -2.51. The Labute approximate surface area is 132 Å². The van der Waals surface area contributed by atoms with Gasteiger partial charge in [-0.3, -0.25) is 9.36 Å². The van der Waals surface area contributed by atoms with Crippen molar-refractivity contribution in [3.8, 4) is 5.95 Å². The fraction of sp³-hybridized carbons (Fsp3) is 0.467. The Morgan fingerprint density at radius 1 is 1.35 bits per heavy atom. The van der Waals surface area contributed by atoms with Gasteiger partial charge in [0.25, 0.3) is 5.91 Å². The van der Waals surface area contributed by atoms with Crippen LogP contribution in [0, 0.1) is 5.41 Å². The van der Waals surface area contributed by atoms with Gasteiger partial charge in [-0.05, 0) is 24.3 Å². The SMILES string of the molecule is O=C(NC1CC2(C1)CC(F)(F)C2)c1ccnc(-n2ccnc2)n1.[HH]. The molecule has 0 aliphatic heterocycles. The summed E-state index contributed by atoms with van der Waals surface area (Å²) in [5.41, 5.74) is -0.00155. The van der Waals surface area contributed by atoms with E-state index in [2.05, 4.69) is 20.3 Å². The van der Waals surface area contributed by atoms with Gasteiger partial charge < -0.3 is 5.32 Å². The van der Waals surface area contributed by atoms with Crippen LogP contribution in [0.25, 0.3) is 5.95 Å². The summed E-state index contributed by atoms with van der Waals surface area (Å²) in [7, 11) is 0. The number of imidazole rings is 1. The summed E-state index contributed by atoms with van der Waals surface area (Å²) in [6.45, 7) is 0. The molecule has 0 radical (unpaired) electrons. The number of hydrogen-bond acceptors (Lipinski definition) is 4. The maximum atomic E-state index is 13.0. The molecule has 2 fully saturated rings. The molecule has 1 N–H and O–H groups in total. The van der Waals surface area contributed by atoms with Crippen molar-refractivity contribution in [1.29, 1.82) is 0 Å². The van der Waals surface area contributed by atoms with Crippen molar-refractivity contribution >= 4 is 5.91 Å². The van der Waals surface area contributed by atoms with Crippen LogP contribution < -0.4 is 5.32 Å². The van der Waals surface area contributed by atoms with Gasteiger partial charge in [0.2, 0.25) is 11.9 Å². The summed E-state index contributed by atoms with van der Waals surface area (Å²) < 4.78 is 27.6. The predicted molar refractivity (Wildman–Crippen MR) is 78.4 cm³/mol. The van der Waals surface area contributed by atoms with Crippen LogP contribution in [0.1, 0.15) is 37.6 Å². The molecular weight excluding hydrogens is 304 g/mol. The second kappa shape index (κ2) is 4.81. The van der Waals surface area contributed by atoms with Gasteiger partial charge in [0.15, 0.2) is 0 Å². The monoisotopic (exact) mass is 321 g/mol. The van der Waals surface area contributed by atoms with E-state index in [9.17, 15) is 13.6 Å². The van der Waals surface area contributed by atoms with Gasteiger partial charge in [0, 0.05) is 38.9 Å². The lowest BCUT2D eigenvalue weighted by atomic mass is 9.52. The van der Waals surface area contributed by atoms with Crippen molar-refractivity contribution in [2.75, 3.05) is 0 Å². The molecule has 0 bridgehead atoms. The van der Waals surface area contributed by atoms with Gasteiger partial charge in [0.05, 0.1) is 0 Å². The molecule has 2 heterocycles. The highest BCUT2D eigenvalue weighted by Gasteiger charge is 2.61. The normalized spacial score (nSPS) is 21.5. The molecule has 2 aromatic rings. The Morgan fingerprint density at radius 3 is 2.78 bits per heavy atom. The fourth-order valence-corrected chi connectivity index (χ4v) is 3.66. The molecule has 23 heavy (non-hydrogen) atoms. The lowest BCUT2D eigenvalue weighted by molar-refractivity contribution is -0.197. The summed E-state index contributed by atoms with van der Waals surface area (Å²) in [4.78, 5) is 24.4. The van der Waals surface area contributed by atoms with Crippen LogP contribution in [0.4, 0.5) is 8.78 Å². The Balaban J connectivity index is 0.00000169. The number of rotatable bonds is 3. The number of aromatic nitrogens is 4. The summed E-state index contributed by atoms with van der Waals surface area (Å²) in [6.07, 6.45) is 7.47. The summed E-state index contributed by atoms with van der Waals surface area (Å²) >= 11 is 0. The highest BCUT2D eigenvalue weighted by Crippen LogP contribution is 2.62.